The first-order valence-electron chi connectivity index (χ1n) is 6.31. The number of ketones is 1. The minimum Gasteiger partial charge on any atom is -0.493 e. The van der Waals surface area contributed by atoms with Crippen LogP contribution in [0.5, 0.6) is 11.5 Å². The quantitative estimate of drug-likeness (QED) is 0.633. The Bertz CT molecular complexity index is 832. The lowest BCUT2D eigenvalue weighted by Crippen LogP contribution is -2.22. The fourth-order valence-electron chi connectivity index (χ4n) is 1.80. The number of hydrogen-bond acceptors (Lipinski definition) is 5. The molecule has 2 rings (SSSR count). The zero-order valence-corrected chi connectivity index (χ0v) is 12.0. The van der Waals surface area contributed by atoms with Crippen LogP contribution in [0.2, 0.25) is 0 Å². The Morgan fingerprint density at radius 1 is 1.14 bits per heavy atom. The van der Waals surface area contributed by atoms with Crippen molar-refractivity contribution in [1.29, 1.82) is 0 Å². The Balaban J connectivity index is 2.27. The molecule has 0 aliphatic carbocycles. The summed E-state index contributed by atoms with van der Waals surface area (Å²) in [5.41, 5.74) is -0.614. The lowest BCUT2D eigenvalue weighted by atomic mass is 10.1. The van der Waals surface area contributed by atoms with E-state index in [0.717, 1.165) is 0 Å². The molecule has 114 valence electrons. The number of rotatable bonds is 5. The molecule has 0 amide bonds. The maximum absolute atomic E-state index is 12.1. The average molecular weight is 302 g/mol. The van der Waals surface area contributed by atoms with Crippen LogP contribution in [-0.4, -0.2) is 30.0 Å². The summed E-state index contributed by atoms with van der Waals surface area (Å²) in [6.07, 6.45) is 3.80. The van der Waals surface area contributed by atoms with Gasteiger partial charge >= 0.3 is 5.69 Å². The van der Waals surface area contributed by atoms with Crippen molar-refractivity contribution < 1.29 is 14.3 Å². The molecule has 7 heteroatoms. The second-order valence-electron chi connectivity index (χ2n) is 4.29. The van der Waals surface area contributed by atoms with Gasteiger partial charge in [0.1, 0.15) is 0 Å². The van der Waals surface area contributed by atoms with Crippen molar-refractivity contribution in [2.24, 2.45) is 0 Å². The van der Waals surface area contributed by atoms with Crippen molar-refractivity contribution in [3.63, 3.8) is 0 Å². The van der Waals surface area contributed by atoms with E-state index < -0.39 is 11.2 Å². The number of carbonyl (C=O) groups is 1. The van der Waals surface area contributed by atoms with Gasteiger partial charge in [-0.15, -0.1) is 0 Å². The van der Waals surface area contributed by atoms with E-state index in [1.807, 2.05) is 0 Å². The molecular weight excluding hydrogens is 288 g/mol. The van der Waals surface area contributed by atoms with Crippen LogP contribution in [0.3, 0.4) is 0 Å². The largest absolute Gasteiger partial charge is 0.493 e. The Hall–Kier alpha value is -3.09. The first-order chi connectivity index (χ1) is 10.5. The lowest BCUT2D eigenvalue weighted by molar-refractivity contribution is 0.104. The molecule has 7 nitrogen and oxygen atoms in total. The molecule has 0 unspecified atom stereocenters. The van der Waals surface area contributed by atoms with Gasteiger partial charge in [-0.2, -0.15) is 0 Å². The van der Waals surface area contributed by atoms with Gasteiger partial charge in [0.05, 0.1) is 19.8 Å². The molecule has 2 N–H and O–H groups in total. The minimum absolute atomic E-state index is 0.174. The summed E-state index contributed by atoms with van der Waals surface area (Å²) in [7, 11) is 2.98. The molecule has 0 saturated heterocycles. The van der Waals surface area contributed by atoms with E-state index >= 15 is 0 Å². The number of carbonyl (C=O) groups excluding carboxylic acids is 1. The van der Waals surface area contributed by atoms with Crippen molar-refractivity contribution >= 4 is 11.9 Å². The summed E-state index contributed by atoms with van der Waals surface area (Å²) >= 11 is 0. The second-order valence-corrected chi connectivity index (χ2v) is 4.29. The summed E-state index contributed by atoms with van der Waals surface area (Å²) in [5.74, 6) is 0.635. The number of H-pyrrole nitrogens is 2. The van der Waals surface area contributed by atoms with Gasteiger partial charge in [-0.05, 0) is 30.4 Å². The van der Waals surface area contributed by atoms with Gasteiger partial charge in [-0.3, -0.25) is 14.6 Å². The number of benzene rings is 1. The van der Waals surface area contributed by atoms with Gasteiger partial charge in [0.2, 0.25) is 0 Å². The summed E-state index contributed by atoms with van der Waals surface area (Å²) in [5, 5.41) is 0. The molecule has 1 aromatic heterocycles. The van der Waals surface area contributed by atoms with Crippen molar-refractivity contribution in [3.05, 3.63) is 62.4 Å². The van der Waals surface area contributed by atoms with E-state index in [9.17, 15) is 14.4 Å². The molecule has 1 heterocycles. The summed E-state index contributed by atoms with van der Waals surface area (Å²) in [6.45, 7) is 0. The van der Waals surface area contributed by atoms with E-state index in [1.54, 1.807) is 18.2 Å². The van der Waals surface area contributed by atoms with Crippen LogP contribution >= 0.6 is 0 Å². The van der Waals surface area contributed by atoms with Crippen LogP contribution in [0.25, 0.3) is 6.08 Å². The summed E-state index contributed by atoms with van der Waals surface area (Å²) < 4.78 is 10.2. The van der Waals surface area contributed by atoms with E-state index in [0.29, 0.717) is 17.1 Å². The molecule has 0 bridgehead atoms. The number of nitrogens with one attached hydrogen (secondary N) is 2. The Labute approximate surface area is 125 Å². The zero-order valence-electron chi connectivity index (χ0n) is 12.0. The van der Waals surface area contributed by atoms with Crippen molar-refractivity contribution in [3.8, 4) is 11.5 Å². The highest BCUT2D eigenvalue weighted by Crippen LogP contribution is 2.27. The van der Waals surface area contributed by atoms with Crippen LogP contribution in [0.15, 0.2) is 40.1 Å². The van der Waals surface area contributed by atoms with Gasteiger partial charge in [-0.1, -0.05) is 0 Å². The highest BCUT2D eigenvalue weighted by Gasteiger charge is 2.08. The van der Waals surface area contributed by atoms with Crippen LogP contribution in [0.4, 0.5) is 0 Å². The molecule has 0 radical (unpaired) electrons. The number of aromatic amines is 2. The fourth-order valence-corrected chi connectivity index (χ4v) is 1.80. The summed E-state index contributed by atoms with van der Waals surface area (Å²) in [6, 6.07) is 4.75. The smallest absolute Gasteiger partial charge is 0.325 e. The van der Waals surface area contributed by atoms with Gasteiger partial charge < -0.3 is 14.5 Å². The third-order valence-corrected chi connectivity index (χ3v) is 2.93. The highest BCUT2D eigenvalue weighted by atomic mass is 16.5. The van der Waals surface area contributed by atoms with E-state index in [4.69, 9.17) is 9.47 Å². The molecule has 0 saturated carbocycles. The third kappa shape index (κ3) is 3.32. The first-order valence-corrected chi connectivity index (χ1v) is 6.31. The number of ether oxygens (including phenoxy) is 2. The Morgan fingerprint density at radius 2 is 1.86 bits per heavy atom. The molecule has 0 aliphatic rings. The molecule has 2 aromatic rings. The molecule has 0 aliphatic heterocycles. The van der Waals surface area contributed by atoms with Crippen LogP contribution in [-0.2, 0) is 0 Å². The fraction of sp³-hybridized carbons (Fsp3) is 0.133. The average Bonchev–Trinajstić information content (AvgIpc) is 2.53. The molecule has 0 fully saturated rings. The van der Waals surface area contributed by atoms with Crippen LogP contribution in [0.1, 0.15) is 15.9 Å². The van der Waals surface area contributed by atoms with Crippen molar-refractivity contribution in [1.82, 2.24) is 9.97 Å². The van der Waals surface area contributed by atoms with Crippen LogP contribution < -0.4 is 20.7 Å². The first kappa shape index (κ1) is 15.3. The topological polar surface area (TPSA) is 101 Å². The number of aromatic nitrogens is 2. The minimum atomic E-state index is -0.603. The normalized spacial score (nSPS) is 10.6. The van der Waals surface area contributed by atoms with Gasteiger partial charge in [-0.25, -0.2) is 4.79 Å². The van der Waals surface area contributed by atoms with Gasteiger partial charge in [0.25, 0.3) is 5.56 Å². The standard InChI is InChI=1S/C15H14N2O5/c1-21-12-6-4-9(7-13(12)22-2)11(18)5-3-10-8-16-15(20)17-14(10)19/h3-8H,1-2H3,(H2,16,17,19,20)/b5-3+. The predicted molar refractivity (Wildman–Crippen MR) is 80.6 cm³/mol. The van der Waals surface area contributed by atoms with Crippen molar-refractivity contribution in [2.75, 3.05) is 14.2 Å². The molecule has 22 heavy (non-hydrogen) atoms. The van der Waals surface area contributed by atoms with Crippen molar-refractivity contribution in [2.45, 2.75) is 0 Å². The number of methoxy groups -OCH3 is 2. The summed E-state index contributed by atoms with van der Waals surface area (Å²) in [4.78, 5) is 38.9. The zero-order chi connectivity index (χ0) is 16.1. The van der Waals surface area contributed by atoms with E-state index in [1.165, 1.54) is 32.6 Å². The Morgan fingerprint density at radius 3 is 2.50 bits per heavy atom. The number of hydrogen-bond donors (Lipinski definition) is 2. The van der Waals surface area contributed by atoms with Crippen LogP contribution in [0, 0.1) is 0 Å². The Kier molecular flexibility index (Phi) is 4.57. The molecule has 0 spiro atoms. The highest BCUT2D eigenvalue weighted by molar-refractivity contribution is 6.07. The molecular formula is C15H14N2O5. The SMILES string of the molecule is COc1ccc(C(=O)/C=C/c2c[nH]c(=O)[nH]c2=O)cc1OC. The van der Waals surface area contributed by atoms with E-state index in [-0.39, 0.29) is 11.3 Å². The maximum Gasteiger partial charge on any atom is 0.325 e. The molecule has 1 aromatic carbocycles. The maximum atomic E-state index is 12.1. The predicted octanol–water partition coefficient (Wildman–Crippen LogP) is 0.977. The number of allylic oxidation sites excluding steroid dienone is 1. The van der Waals surface area contributed by atoms with Gasteiger partial charge in [0.15, 0.2) is 17.3 Å². The monoisotopic (exact) mass is 302 g/mol. The third-order valence-electron chi connectivity index (χ3n) is 2.93. The second kappa shape index (κ2) is 6.57. The molecule has 0 atom stereocenters. The van der Waals surface area contributed by atoms with E-state index in [2.05, 4.69) is 9.97 Å². The van der Waals surface area contributed by atoms with Gasteiger partial charge in [0, 0.05) is 11.8 Å². The lowest BCUT2D eigenvalue weighted by Gasteiger charge is -2.07.